The van der Waals surface area contributed by atoms with Gasteiger partial charge in [-0.2, -0.15) is 0 Å². The monoisotopic (exact) mass is 288 g/mol. The molecule has 1 unspecified atom stereocenters. The van der Waals surface area contributed by atoms with Crippen molar-refractivity contribution >= 4 is 10.0 Å². The minimum atomic E-state index is -3.66. The van der Waals surface area contributed by atoms with Crippen molar-refractivity contribution in [2.45, 2.75) is 44.2 Å². The normalized spacial score (nSPS) is 24.0. The summed E-state index contributed by atoms with van der Waals surface area (Å²) in [5.41, 5.74) is 5.59. The lowest BCUT2D eigenvalue weighted by atomic mass is 10.0. The van der Waals surface area contributed by atoms with Gasteiger partial charge in [0.15, 0.2) is 0 Å². The van der Waals surface area contributed by atoms with E-state index in [1.807, 2.05) is 6.92 Å². The van der Waals surface area contributed by atoms with Crippen LogP contribution in [0.1, 0.15) is 30.4 Å². The van der Waals surface area contributed by atoms with Gasteiger partial charge in [-0.15, -0.1) is 0 Å². The van der Waals surface area contributed by atoms with Crippen molar-refractivity contribution in [3.63, 3.8) is 0 Å². The fourth-order valence-electron chi connectivity index (χ4n) is 2.42. The molecule has 0 aliphatic carbocycles. The SMILES string of the molecule is Cc1oc(C)c(S(=O)(=O)NC2(C)CCOC2)c1CN. The molecule has 0 radical (unpaired) electrons. The van der Waals surface area contributed by atoms with Crippen LogP contribution < -0.4 is 10.5 Å². The Balaban J connectivity index is 2.40. The van der Waals surface area contributed by atoms with Gasteiger partial charge in [-0.3, -0.25) is 0 Å². The fourth-order valence-corrected chi connectivity index (χ4v) is 4.30. The number of ether oxygens (including phenoxy) is 1. The molecule has 1 aromatic rings. The van der Waals surface area contributed by atoms with Crippen LogP contribution in [0, 0.1) is 13.8 Å². The molecule has 0 spiro atoms. The van der Waals surface area contributed by atoms with E-state index in [1.165, 1.54) is 0 Å². The summed E-state index contributed by atoms with van der Waals surface area (Å²) in [6.45, 7) is 6.25. The molecule has 1 aromatic heterocycles. The summed E-state index contributed by atoms with van der Waals surface area (Å²) in [5.74, 6) is 0.918. The van der Waals surface area contributed by atoms with E-state index in [2.05, 4.69) is 4.72 Å². The maximum Gasteiger partial charge on any atom is 0.244 e. The Kier molecular flexibility index (Phi) is 3.74. The number of aryl methyl sites for hydroxylation is 2. The van der Waals surface area contributed by atoms with Crippen molar-refractivity contribution < 1.29 is 17.6 Å². The third kappa shape index (κ3) is 2.69. The van der Waals surface area contributed by atoms with E-state index in [-0.39, 0.29) is 11.4 Å². The lowest BCUT2D eigenvalue weighted by molar-refractivity contribution is 0.178. The second kappa shape index (κ2) is 4.90. The van der Waals surface area contributed by atoms with Crippen molar-refractivity contribution in [2.24, 2.45) is 5.73 Å². The standard InChI is InChI=1S/C12H20N2O4S/c1-8-10(6-13)11(9(2)18-8)19(15,16)14-12(3)4-5-17-7-12/h14H,4-7,13H2,1-3H3. The highest BCUT2D eigenvalue weighted by molar-refractivity contribution is 7.89. The van der Waals surface area contributed by atoms with E-state index >= 15 is 0 Å². The number of sulfonamides is 1. The molecule has 0 amide bonds. The molecule has 1 aliphatic heterocycles. The van der Waals surface area contributed by atoms with E-state index in [4.69, 9.17) is 14.9 Å². The first-order valence-electron chi connectivity index (χ1n) is 6.20. The predicted octanol–water partition coefficient (Wildman–Crippen LogP) is 0.812. The second-order valence-electron chi connectivity index (χ2n) is 5.19. The molecule has 3 N–H and O–H groups in total. The molecule has 108 valence electrons. The van der Waals surface area contributed by atoms with Crippen LogP contribution in [-0.2, 0) is 21.3 Å². The summed E-state index contributed by atoms with van der Waals surface area (Å²) in [4.78, 5) is 0.167. The summed E-state index contributed by atoms with van der Waals surface area (Å²) in [6.07, 6.45) is 0.653. The number of furan rings is 1. The molecule has 7 heteroatoms. The van der Waals surface area contributed by atoms with E-state index in [1.54, 1.807) is 13.8 Å². The molecule has 1 fully saturated rings. The van der Waals surface area contributed by atoms with Crippen molar-refractivity contribution in [2.75, 3.05) is 13.2 Å². The molecular weight excluding hydrogens is 268 g/mol. The zero-order valence-electron chi connectivity index (χ0n) is 11.4. The Labute approximate surface area is 113 Å². The Bertz CT molecular complexity index is 571. The molecule has 2 heterocycles. The van der Waals surface area contributed by atoms with Crippen LogP contribution >= 0.6 is 0 Å². The molecule has 19 heavy (non-hydrogen) atoms. The zero-order valence-corrected chi connectivity index (χ0v) is 12.3. The number of rotatable bonds is 4. The van der Waals surface area contributed by atoms with Crippen LogP contribution in [0.5, 0.6) is 0 Å². The smallest absolute Gasteiger partial charge is 0.244 e. The summed E-state index contributed by atoms with van der Waals surface area (Å²) >= 11 is 0. The van der Waals surface area contributed by atoms with Crippen molar-refractivity contribution in [3.05, 3.63) is 17.1 Å². The minimum absolute atomic E-state index is 0.132. The van der Waals surface area contributed by atoms with E-state index in [0.717, 1.165) is 0 Å². The largest absolute Gasteiger partial charge is 0.465 e. The lowest BCUT2D eigenvalue weighted by Crippen LogP contribution is -2.46. The summed E-state index contributed by atoms with van der Waals surface area (Å²) in [7, 11) is -3.66. The lowest BCUT2D eigenvalue weighted by Gasteiger charge is -2.23. The third-order valence-electron chi connectivity index (χ3n) is 3.40. The first-order chi connectivity index (χ1) is 8.79. The molecule has 6 nitrogen and oxygen atoms in total. The van der Waals surface area contributed by atoms with Crippen molar-refractivity contribution in [1.82, 2.24) is 4.72 Å². The Morgan fingerprint density at radius 3 is 2.58 bits per heavy atom. The van der Waals surface area contributed by atoms with Crippen LogP contribution in [0.4, 0.5) is 0 Å². The van der Waals surface area contributed by atoms with Gasteiger partial charge >= 0.3 is 0 Å². The maximum absolute atomic E-state index is 12.5. The van der Waals surface area contributed by atoms with Gasteiger partial charge in [-0.1, -0.05) is 0 Å². The number of nitrogens with one attached hydrogen (secondary N) is 1. The number of hydrogen-bond donors (Lipinski definition) is 2. The molecule has 1 aliphatic rings. The van der Waals surface area contributed by atoms with Gasteiger partial charge in [-0.05, 0) is 27.2 Å². The third-order valence-corrected chi connectivity index (χ3v) is 5.23. The van der Waals surface area contributed by atoms with Crippen LogP contribution in [0.2, 0.25) is 0 Å². The fraction of sp³-hybridized carbons (Fsp3) is 0.667. The second-order valence-corrected chi connectivity index (χ2v) is 6.81. The van der Waals surface area contributed by atoms with E-state index in [9.17, 15) is 8.42 Å². The molecule has 1 atom stereocenters. The molecular formula is C12H20N2O4S. The van der Waals surface area contributed by atoms with Crippen molar-refractivity contribution in [1.29, 1.82) is 0 Å². The minimum Gasteiger partial charge on any atom is -0.465 e. The van der Waals surface area contributed by atoms with Gasteiger partial charge in [0, 0.05) is 18.7 Å². The van der Waals surface area contributed by atoms with Crippen LogP contribution in [0.15, 0.2) is 9.31 Å². The topological polar surface area (TPSA) is 94.6 Å². The Morgan fingerprint density at radius 2 is 2.05 bits per heavy atom. The van der Waals surface area contributed by atoms with Gasteiger partial charge in [0.2, 0.25) is 10.0 Å². The van der Waals surface area contributed by atoms with Crippen molar-refractivity contribution in [3.8, 4) is 0 Å². The summed E-state index contributed by atoms with van der Waals surface area (Å²) in [5, 5.41) is 0. The first kappa shape index (κ1) is 14.5. The summed E-state index contributed by atoms with van der Waals surface area (Å²) < 4.78 is 38.4. The predicted molar refractivity (Wildman–Crippen MR) is 70.2 cm³/mol. The Morgan fingerprint density at radius 1 is 1.37 bits per heavy atom. The van der Waals surface area contributed by atoms with Gasteiger partial charge in [0.25, 0.3) is 0 Å². The Hall–Kier alpha value is -0.890. The van der Waals surface area contributed by atoms with Gasteiger partial charge in [-0.25, -0.2) is 13.1 Å². The summed E-state index contributed by atoms with van der Waals surface area (Å²) in [6, 6.07) is 0. The van der Waals surface area contributed by atoms with E-state index in [0.29, 0.717) is 36.7 Å². The maximum atomic E-state index is 12.5. The average Bonchev–Trinajstić information content (AvgIpc) is 2.81. The van der Waals surface area contributed by atoms with Crippen LogP contribution in [0.25, 0.3) is 0 Å². The zero-order chi connectivity index (χ0) is 14.3. The van der Waals surface area contributed by atoms with Gasteiger partial charge in [0.1, 0.15) is 16.4 Å². The molecule has 0 bridgehead atoms. The quantitative estimate of drug-likeness (QED) is 0.855. The molecule has 1 saturated heterocycles. The molecule has 0 aromatic carbocycles. The molecule has 2 rings (SSSR count). The van der Waals surface area contributed by atoms with E-state index < -0.39 is 15.6 Å². The van der Waals surface area contributed by atoms with Crippen LogP contribution in [-0.4, -0.2) is 27.2 Å². The average molecular weight is 288 g/mol. The van der Waals surface area contributed by atoms with Gasteiger partial charge < -0.3 is 14.9 Å². The highest BCUT2D eigenvalue weighted by atomic mass is 32.2. The van der Waals surface area contributed by atoms with Gasteiger partial charge in [0.05, 0.1) is 12.1 Å². The highest BCUT2D eigenvalue weighted by Crippen LogP contribution is 2.28. The van der Waals surface area contributed by atoms with Crippen LogP contribution in [0.3, 0.4) is 0 Å². The highest BCUT2D eigenvalue weighted by Gasteiger charge is 2.37. The first-order valence-corrected chi connectivity index (χ1v) is 7.68. The number of hydrogen-bond acceptors (Lipinski definition) is 5. The molecule has 0 saturated carbocycles. The number of nitrogens with two attached hydrogens (primary N) is 1.